The summed E-state index contributed by atoms with van der Waals surface area (Å²) < 4.78 is 5.30. The molecule has 4 heteroatoms. The second kappa shape index (κ2) is 3.57. The molecular weight excluding hydrogens is 194 g/mol. The third kappa shape index (κ3) is 1.88. The first-order chi connectivity index (χ1) is 7.16. The molecule has 76 valence electrons. The number of hydrogen-bond donors (Lipinski definition) is 1. The minimum atomic E-state index is -0.951. The highest BCUT2D eigenvalue weighted by atomic mass is 16.4. The topological polar surface area (TPSA) is 63.3 Å². The highest BCUT2D eigenvalue weighted by Crippen LogP contribution is 2.21. The fraction of sp³-hybridized carbons (Fsp3) is 0.0909. The molecule has 1 N–H and O–H groups in total. The first kappa shape index (κ1) is 9.45. The number of carbonyl (C=O) groups is 1. The molecule has 0 saturated heterocycles. The third-order valence-electron chi connectivity index (χ3n) is 2.02. The van der Waals surface area contributed by atoms with Crippen molar-refractivity contribution < 1.29 is 14.3 Å². The van der Waals surface area contributed by atoms with E-state index in [0.717, 1.165) is 5.56 Å². The van der Waals surface area contributed by atoms with Crippen LogP contribution in [0.4, 0.5) is 0 Å². The molecule has 0 bridgehead atoms. The predicted molar refractivity (Wildman–Crippen MR) is 53.6 cm³/mol. The van der Waals surface area contributed by atoms with Gasteiger partial charge in [-0.3, -0.25) is 0 Å². The Morgan fingerprint density at radius 3 is 2.87 bits per heavy atom. The van der Waals surface area contributed by atoms with Crippen molar-refractivity contribution in [3.63, 3.8) is 0 Å². The third-order valence-corrected chi connectivity index (χ3v) is 2.02. The second-order valence-corrected chi connectivity index (χ2v) is 3.13. The molecule has 4 nitrogen and oxygen atoms in total. The van der Waals surface area contributed by atoms with E-state index in [0.29, 0.717) is 11.7 Å². The molecule has 0 radical (unpaired) electrons. The minimum absolute atomic E-state index is 0.238. The van der Waals surface area contributed by atoms with Crippen LogP contribution in [-0.4, -0.2) is 16.1 Å². The average Bonchev–Trinajstić information content (AvgIpc) is 2.65. The van der Waals surface area contributed by atoms with Crippen molar-refractivity contribution >= 4 is 5.97 Å². The molecule has 2 aromatic rings. The van der Waals surface area contributed by atoms with Crippen molar-refractivity contribution in [3.05, 3.63) is 41.9 Å². The lowest BCUT2D eigenvalue weighted by Gasteiger charge is -1.97. The van der Waals surface area contributed by atoms with Crippen LogP contribution >= 0.6 is 0 Å². The van der Waals surface area contributed by atoms with Gasteiger partial charge in [-0.1, -0.05) is 12.1 Å². The van der Waals surface area contributed by atoms with E-state index in [1.54, 1.807) is 31.3 Å². The van der Waals surface area contributed by atoms with Crippen LogP contribution in [0.5, 0.6) is 0 Å². The number of aromatic carboxylic acids is 1. The van der Waals surface area contributed by atoms with Crippen LogP contribution in [0.25, 0.3) is 11.3 Å². The van der Waals surface area contributed by atoms with Crippen LogP contribution in [0.15, 0.2) is 34.9 Å². The van der Waals surface area contributed by atoms with Crippen molar-refractivity contribution in [1.82, 2.24) is 4.98 Å². The first-order valence-electron chi connectivity index (χ1n) is 4.43. The summed E-state index contributed by atoms with van der Waals surface area (Å²) in [5, 5.41) is 8.82. The summed E-state index contributed by atoms with van der Waals surface area (Å²) in [6, 6.07) is 6.56. The van der Waals surface area contributed by atoms with Crippen molar-refractivity contribution in [3.8, 4) is 11.3 Å². The summed E-state index contributed by atoms with van der Waals surface area (Å²) in [5.74, 6) is 0.189. The molecule has 1 heterocycles. The number of rotatable bonds is 2. The molecule has 0 saturated carbocycles. The molecule has 1 aromatic carbocycles. The van der Waals surface area contributed by atoms with Gasteiger partial charge in [0.2, 0.25) is 0 Å². The van der Waals surface area contributed by atoms with E-state index in [2.05, 4.69) is 4.98 Å². The maximum atomic E-state index is 10.7. The number of oxazole rings is 1. The van der Waals surface area contributed by atoms with Crippen molar-refractivity contribution in [1.29, 1.82) is 0 Å². The molecule has 0 aliphatic heterocycles. The maximum absolute atomic E-state index is 10.7. The van der Waals surface area contributed by atoms with Gasteiger partial charge < -0.3 is 9.52 Å². The Bertz CT molecular complexity index is 502. The van der Waals surface area contributed by atoms with Crippen molar-refractivity contribution in [2.75, 3.05) is 0 Å². The van der Waals surface area contributed by atoms with Crippen molar-refractivity contribution in [2.45, 2.75) is 6.92 Å². The molecule has 0 fully saturated rings. The zero-order valence-electron chi connectivity index (χ0n) is 8.10. The van der Waals surface area contributed by atoms with Gasteiger partial charge in [-0.2, -0.15) is 0 Å². The quantitative estimate of drug-likeness (QED) is 0.813. The number of benzene rings is 1. The molecule has 0 unspecified atom stereocenters. The summed E-state index contributed by atoms with van der Waals surface area (Å²) in [6.45, 7) is 1.74. The Labute approximate surface area is 86.2 Å². The molecule has 0 amide bonds. The molecule has 0 spiro atoms. The Morgan fingerprint density at radius 1 is 1.47 bits per heavy atom. The Hall–Kier alpha value is -2.10. The number of nitrogens with zero attached hydrogens (tertiary/aromatic N) is 1. The lowest BCUT2D eigenvalue weighted by molar-refractivity contribution is 0.0697. The van der Waals surface area contributed by atoms with E-state index in [9.17, 15) is 4.79 Å². The second-order valence-electron chi connectivity index (χ2n) is 3.13. The SMILES string of the molecule is Cc1ncc(-c2cccc(C(=O)O)c2)o1. The molecular formula is C11H9NO3. The van der Waals surface area contributed by atoms with Gasteiger partial charge in [-0.25, -0.2) is 9.78 Å². The van der Waals surface area contributed by atoms with Gasteiger partial charge in [-0.05, 0) is 12.1 Å². The molecule has 0 aliphatic carbocycles. The van der Waals surface area contributed by atoms with Crippen LogP contribution in [0, 0.1) is 6.92 Å². The monoisotopic (exact) mass is 203 g/mol. The van der Waals surface area contributed by atoms with E-state index in [1.165, 1.54) is 6.07 Å². The highest BCUT2D eigenvalue weighted by Gasteiger charge is 2.07. The Kier molecular flexibility index (Phi) is 2.25. The summed E-state index contributed by atoms with van der Waals surface area (Å²) >= 11 is 0. The predicted octanol–water partition coefficient (Wildman–Crippen LogP) is 2.35. The zero-order valence-corrected chi connectivity index (χ0v) is 8.10. The minimum Gasteiger partial charge on any atom is -0.478 e. The number of hydrogen-bond acceptors (Lipinski definition) is 3. The zero-order chi connectivity index (χ0) is 10.8. The fourth-order valence-corrected chi connectivity index (χ4v) is 1.30. The maximum Gasteiger partial charge on any atom is 0.335 e. The van der Waals surface area contributed by atoms with E-state index in [4.69, 9.17) is 9.52 Å². The Balaban J connectivity index is 2.45. The average molecular weight is 203 g/mol. The summed E-state index contributed by atoms with van der Waals surface area (Å²) in [7, 11) is 0. The molecule has 2 rings (SSSR count). The van der Waals surface area contributed by atoms with Gasteiger partial charge in [-0.15, -0.1) is 0 Å². The fourth-order valence-electron chi connectivity index (χ4n) is 1.30. The van der Waals surface area contributed by atoms with Crippen LogP contribution in [-0.2, 0) is 0 Å². The lowest BCUT2D eigenvalue weighted by atomic mass is 10.1. The standard InChI is InChI=1S/C11H9NO3/c1-7-12-6-10(15-7)8-3-2-4-9(5-8)11(13)14/h2-6H,1H3,(H,13,14). The largest absolute Gasteiger partial charge is 0.478 e. The molecule has 15 heavy (non-hydrogen) atoms. The van der Waals surface area contributed by atoms with Gasteiger partial charge in [0.25, 0.3) is 0 Å². The van der Waals surface area contributed by atoms with Gasteiger partial charge in [0.05, 0.1) is 11.8 Å². The van der Waals surface area contributed by atoms with Crippen molar-refractivity contribution in [2.24, 2.45) is 0 Å². The number of carboxylic acids is 1. The molecule has 0 atom stereocenters. The van der Waals surface area contributed by atoms with Gasteiger partial charge in [0, 0.05) is 12.5 Å². The molecule has 0 aliphatic rings. The van der Waals surface area contributed by atoms with Crippen LogP contribution in [0.2, 0.25) is 0 Å². The molecule has 1 aromatic heterocycles. The van der Waals surface area contributed by atoms with Crippen LogP contribution in [0.3, 0.4) is 0 Å². The lowest BCUT2D eigenvalue weighted by Crippen LogP contribution is -1.95. The smallest absolute Gasteiger partial charge is 0.335 e. The number of aryl methyl sites for hydroxylation is 1. The van der Waals surface area contributed by atoms with Gasteiger partial charge >= 0.3 is 5.97 Å². The van der Waals surface area contributed by atoms with E-state index < -0.39 is 5.97 Å². The first-order valence-corrected chi connectivity index (χ1v) is 4.43. The van der Waals surface area contributed by atoms with E-state index in [1.807, 2.05) is 0 Å². The van der Waals surface area contributed by atoms with E-state index >= 15 is 0 Å². The summed E-state index contributed by atoms with van der Waals surface area (Å²) in [4.78, 5) is 14.7. The van der Waals surface area contributed by atoms with Crippen LogP contribution < -0.4 is 0 Å². The number of aromatic nitrogens is 1. The summed E-state index contributed by atoms with van der Waals surface area (Å²) in [6.07, 6.45) is 1.58. The number of carboxylic acid groups (broad SMARTS) is 1. The summed E-state index contributed by atoms with van der Waals surface area (Å²) in [5.41, 5.74) is 0.956. The van der Waals surface area contributed by atoms with E-state index in [-0.39, 0.29) is 5.56 Å². The highest BCUT2D eigenvalue weighted by molar-refractivity contribution is 5.89. The van der Waals surface area contributed by atoms with Gasteiger partial charge in [0.1, 0.15) is 0 Å². The normalized spacial score (nSPS) is 10.2. The van der Waals surface area contributed by atoms with Crippen LogP contribution in [0.1, 0.15) is 16.2 Å². The van der Waals surface area contributed by atoms with Gasteiger partial charge in [0.15, 0.2) is 11.7 Å². The Morgan fingerprint density at radius 2 is 2.27 bits per heavy atom.